The third-order valence-electron chi connectivity index (χ3n) is 4.14. The molecule has 0 aliphatic rings. The highest BCUT2D eigenvalue weighted by Gasteiger charge is 2.18. The van der Waals surface area contributed by atoms with Crippen molar-refractivity contribution >= 4 is 23.4 Å². The summed E-state index contributed by atoms with van der Waals surface area (Å²) in [6, 6.07) is 10.3. The Hall–Kier alpha value is -3.13. The fraction of sp³-hybridized carbons (Fsp3) is 0.350. The Balaban J connectivity index is 1.96. The van der Waals surface area contributed by atoms with Crippen LogP contribution in [0, 0.1) is 0 Å². The van der Waals surface area contributed by atoms with Gasteiger partial charge in [0.05, 0.1) is 30.6 Å². The van der Waals surface area contributed by atoms with E-state index in [-0.39, 0.29) is 37.4 Å². The van der Waals surface area contributed by atoms with E-state index in [4.69, 9.17) is 4.42 Å². The van der Waals surface area contributed by atoms with Crippen LogP contribution in [-0.4, -0.2) is 43.9 Å². The maximum atomic E-state index is 12.5. The normalized spacial score (nSPS) is 11.5. The van der Waals surface area contributed by atoms with Gasteiger partial charge < -0.3 is 25.3 Å². The van der Waals surface area contributed by atoms with Crippen molar-refractivity contribution < 1.29 is 23.7 Å². The number of benzene rings is 1. The van der Waals surface area contributed by atoms with E-state index in [1.54, 1.807) is 36.4 Å². The van der Waals surface area contributed by atoms with Crippen LogP contribution < -0.4 is 20.9 Å². The summed E-state index contributed by atoms with van der Waals surface area (Å²) >= 11 is 0. The first-order chi connectivity index (χ1) is 13.5. The molecule has 0 fully saturated rings. The van der Waals surface area contributed by atoms with Crippen LogP contribution in [0.4, 0.5) is 5.69 Å². The van der Waals surface area contributed by atoms with Crippen molar-refractivity contribution in [2.24, 2.45) is 0 Å². The molecule has 1 aromatic heterocycles. The van der Waals surface area contributed by atoms with E-state index in [0.717, 1.165) is 4.90 Å². The van der Waals surface area contributed by atoms with Gasteiger partial charge in [-0.15, -0.1) is 0 Å². The van der Waals surface area contributed by atoms with Gasteiger partial charge in [0.1, 0.15) is 5.76 Å². The van der Waals surface area contributed by atoms with E-state index in [9.17, 15) is 14.4 Å². The summed E-state index contributed by atoms with van der Waals surface area (Å²) < 4.78 is 5.20. The first-order valence-electron chi connectivity index (χ1n) is 9.33. The van der Waals surface area contributed by atoms with Gasteiger partial charge in [-0.25, -0.2) is 0 Å². The van der Waals surface area contributed by atoms with Crippen LogP contribution in [0.5, 0.6) is 0 Å². The number of quaternary nitrogens is 1. The summed E-state index contributed by atoms with van der Waals surface area (Å²) in [5, 5.41) is 8.27. The zero-order valence-electron chi connectivity index (χ0n) is 16.2. The predicted molar refractivity (Wildman–Crippen MR) is 105 cm³/mol. The fourth-order valence-electron chi connectivity index (χ4n) is 2.69. The summed E-state index contributed by atoms with van der Waals surface area (Å²) in [6.07, 6.45) is 1.54. The lowest BCUT2D eigenvalue weighted by Crippen LogP contribution is -3.14. The molecule has 2 aromatic rings. The molecule has 1 unspecified atom stereocenters. The SMILES string of the molecule is CCNC(=O)C[NH+](CC)CC(=O)Nc1ccccc1C(=O)NCc1ccco1. The lowest BCUT2D eigenvalue weighted by molar-refractivity contribution is -0.881. The van der Waals surface area contributed by atoms with Crippen LogP contribution in [0.15, 0.2) is 47.1 Å². The lowest BCUT2D eigenvalue weighted by atomic mass is 10.1. The summed E-state index contributed by atoms with van der Waals surface area (Å²) in [5.74, 6) is -0.0194. The fourth-order valence-corrected chi connectivity index (χ4v) is 2.69. The highest BCUT2D eigenvalue weighted by Crippen LogP contribution is 2.15. The van der Waals surface area contributed by atoms with Crippen molar-refractivity contribution in [2.75, 3.05) is 31.5 Å². The molecule has 4 N–H and O–H groups in total. The molecule has 0 spiro atoms. The van der Waals surface area contributed by atoms with Gasteiger partial charge in [0.2, 0.25) is 0 Å². The first-order valence-corrected chi connectivity index (χ1v) is 9.33. The predicted octanol–water partition coefficient (Wildman–Crippen LogP) is 0.189. The third kappa shape index (κ3) is 6.55. The minimum Gasteiger partial charge on any atom is -0.467 e. The zero-order chi connectivity index (χ0) is 20.4. The third-order valence-corrected chi connectivity index (χ3v) is 4.14. The standard InChI is InChI=1S/C20H26N4O4/c1-3-21-18(25)13-24(4-2)14-19(26)23-17-10-6-5-9-16(17)20(27)22-12-15-8-7-11-28-15/h5-11H,3-4,12-14H2,1-2H3,(H,21,25)(H,22,27)(H,23,26)/p+1. The van der Waals surface area contributed by atoms with Crippen molar-refractivity contribution in [2.45, 2.75) is 20.4 Å². The zero-order valence-corrected chi connectivity index (χ0v) is 16.2. The van der Waals surface area contributed by atoms with Crippen LogP contribution in [0.2, 0.25) is 0 Å². The van der Waals surface area contributed by atoms with E-state index in [0.29, 0.717) is 30.1 Å². The van der Waals surface area contributed by atoms with Crippen LogP contribution >= 0.6 is 0 Å². The van der Waals surface area contributed by atoms with Gasteiger partial charge in [0.25, 0.3) is 17.7 Å². The maximum Gasteiger partial charge on any atom is 0.279 e. The van der Waals surface area contributed by atoms with Crippen molar-refractivity contribution in [1.82, 2.24) is 10.6 Å². The Bertz CT molecular complexity index is 789. The number of hydrogen-bond acceptors (Lipinski definition) is 4. The topological polar surface area (TPSA) is 105 Å². The van der Waals surface area contributed by atoms with E-state index in [1.807, 2.05) is 13.8 Å². The lowest BCUT2D eigenvalue weighted by Gasteiger charge is -2.17. The highest BCUT2D eigenvalue weighted by atomic mass is 16.3. The summed E-state index contributed by atoms with van der Waals surface area (Å²) in [4.78, 5) is 37.5. The van der Waals surface area contributed by atoms with Crippen LogP contribution in [0.25, 0.3) is 0 Å². The molecule has 1 atom stereocenters. The van der Waals surface area contributed by atoms with Gasteiger partial charge in [0, 0.05) is 6.54 Å². The molecule has 0 saturated carbocycles. The number of anilines is 1. The molecule has 0 saturated heterocycles. The molecule has 8 nitrogen and oxygen atoms in total. The summed E-state index contributed by atoms with van der Waals surface area (Å²) in [7, 11) is 0. The van der Waals surface area contributed by atoms with E-state index in [2.05, 4.69) is 16.0 Å². The molecular weight excluding hydrogens is 360 g/mol. The number of furan rings is 1. The Labute approximate surface area is 164 Å². The number of hydrogen-bond donors (Lipinski definition) is 4. The Morgan fingerprint density at radius 3 is 2.39 bits per heavy atom. The van der Waals surface area contributed by atoms with Crippen LogP contribution in [-0.2, 0) is 16.1 Å². The average Bonchev–Trinajstić information content (AvgIpc) is 3.19. The van der Waals surface area contributed by atoms with Gasteiger partial charge in [-0.3, -0.25) is 14.4 Å². The molecule has 150 valence electrons. The molecule has 3 amide bonds. The number of para-hydroxylation sites is 1. The van der Waals surface area contributed by atoms with E-state index < -0.39 is 0 Å². The van der Waals surface area contributed by atoms with E-state index in [1.165, 1.54) is 6.26 Å². The Kier molecular flexibility index (Phi) is 8.23. The molecule has 0 radical (unpaired) electrons. The van der Waals surface area contributed by atoms with Crippen LogP contribution in [0.1, 0.15) is 30.0 Å². The van der Waals surface area contributed by atoms with Crippen molar-refractivity contribution in [3.63, 3.8) is 0 Å². The van der Waals surface area contributed by atoms with Gasteiger partial charge in [0.15, 0.2) is 13.1 Å². The van der Waals surface area contributed by atoms with Gasteiger partial charge >= 0.3 is 0 Å². The number of amides is 3. The number of carbonyl (C=O) groups excluding carboxylic acids is 3. The molecule has 1 aromatic carbocycles. The Morgan fingerprint density at radius 2 is 1.71 bits per heavy atom. The summed E-state index contributed by atoms with van der Waals surface area (Å²) in [6.45, 7) is 5.58. The molecular formula is C20H27N4O4+. The van der Waals surface area contributed by atoms with E-state index >= 15 is 0 Å². The van der Waals surface area contributed by atoms with Gasteiger partial charge in [-0.05, 0) is 38.1 Å². The van der Waals surface area contributed by atoms with Crippen molar-refractivity contribution in [3.05, 3.63) is 54.0 Å². The van der Waals surface area contributed by atoms with Crippen molar-refractivity contribution in [3.8, 4) is 0 Å². The largest absolute Gasteiger partial charge is 0.467 e. The molecule has 1 heterocycles. The van der Waals surface area contributed by atoms with Gasteiger partial charge in [-0.1, -0.05) is 12.1 Å². The number of nitrogens with one attached hydrogen (secondary N) is 4. The molecule has 8 heteroatoms. The molecule has 28 heavy (non-hydrogen) atoms. The van der Waals surface area contributed by atoms with Crippen molar-refractivity contribution in [1.29, 1.82) is 0 Å². The molecule has 0 aliphatic carbocycles. The quantitative estimate of drug-likeness (QED) is 0.467. The molecule has 0 bridgehead atoms. The molecule has 2 rings (SSSR count). The first kappa shape index (κ1) is 21.2. The second-order valence-corrected chi connectivity index (χ2v) is 6.27. The number of carbonyl (C=O) groups is 3. The smallest absolute Gasteiger partial charge is 0.279 e. The molecule has 0 aliphatic heterocycles. The Morgan fingerprint density at radius 1 is 0.964 bits per heavy atom. The number of likely N-dealkylation sites (N-methyl/N-ethyl adjacent to an activating group) is 2. The monoisotopic (exact) mass is 387 g/mol. The summed E-state index contributed by atoms with van der Waals surface area (Å²) in [5.41, 5.74) is 0.794. The van der Waals surface area contributed by atoms with Crippen LogP contribution in [0.3, 0.4) is 0 Å². The number of rotatable bonds is 10. The minimum atomic E-state index is -0.311. The average molecular weight is 387 g/mol. The highest BCUT2D eigenvalue weighted by molar-refractivity contribution is 6.03. The minimum absolute atomic E-state index is 0.0927. The van der Waals surface area contributed by atoms with Gasteiger partial charge in [-0.2, -0.15) is 0 Å². The second kappa shape index (κ2) is 10.9. The second-order valence-electron chi connectivity index (χ2n) is 6.27. The maximum absolute atomic E-state index is 12.5.